The summed E-state index contributed by atoms with van der Waals surface area (Å²) in [7, 11) is -3.02. The van der Waals surface area contributed by atoms with Crippen molar-refractivity contribution in [2.24, 2.45) is 0 Å². The summed E-state index contributed by atoms with van der Waals surface area (Å²) in [6.45, 7) is 1.82. The van der Waals surface area contributed by atoms with Gasteiger partial charge in [0.1, 0.15) is 0 Å². The highest BCUT2D eigenvalue weighted by Crippen LogP contribution is 2.26. The zero-order valence-electron chi connectivity index (χ0n) is 10.4. The molecule has 0 atom stereocenters. The summed E-state index contributed by atoms with van der Waals surface area (Å²) < 4.78 is 23.9. The summed E-state index contributed by atoms with van der Waals surface area (Å²) in [5, 5.41) is 9.05. The summed E-state index contributed by atoms with van der Waals surface area (Å²) in [4.78, 5) is 11.6. The molecule has 0 spiro atoms. The predicted octanol–water partition coefficient (Wildman–Crippen LogP) is 3.06. The third kappa shape index (κ3) is 5.54. The van der Waals surface area contributed by atoms with Crippen molar-refractivity contribution in [1.29, 1.82) is 0 Å². The number of sulfone groups is 1. The van der Waals surface area contributed by atoms with E-state index < -0.39 is 15.8 Å². The molecule has 19 heavy (non-hydrogen) atoms. The number of benzene rings is 1. The molecule has 1 aromatic carbocycles. The van der Waals surface area contributed by atoms with E-state index in [9.17, 15) is 13.2 Å². The zero-order chi connectivity index (χ0) is 14.5. The van der Waals surface area contributed by atoms with Gasteiger partial charge < -0.3 is 5.11 Å². The quantitative estimate of drug-likeness (QED) is 0.750. The second kappa shape index (κ2) is 7.31. The fraction of sp³-hybridized carbons (Fsp3) is 0.417. The minimum Gasteiger partial charge on any atom is -0.478 e. The van der Waals surface area contributed by atoms with Gasteiger partial charge in [0.25, 0.3) is 0 Å². The van der Waals surface area contributed by atoms with E-state index in [0.717, 1.165) is 4.47 Å². The molecule has 106 valence electrons. The summed E-state index contributed by atoms with van der Waals surface area (Å²) in [6, 6.07) is 4.86. The van der Waals surface area contributed by atoms with Crippen LogP contribution in [0.1, 0.15) is 23.7 Å². The van der Waals surface area contributed by atoms with E-state index in [1.54, 1.807) is 12.1 Å². The van der Waals surface area contributed by atoms with Crippen molar-refractivity contribution >= 4 is 43.5 Å². The molecule has 1 rings (SSSR count). The number of aromatic carboxylic acids is 1. The van der Waals surface area contributed by atoms with Crippen molar-refractivity contribution in [3.8, 4) is 0 Å². The van der Waals surface area contributed by atoms with Crippen LogP contribution in [-0.2, 0) is 9.84 Å². The smallest absolute Gasteiger partial charge is 0.336 e. The molecule has 0 aromatic heterocycles. The van der Waals surface area contributed by atoms with E-state index in [2.05, 4.69) is 15.9 Å². The first-order chi connectivity index (χ1) is 8.85. The molecule has 4 nitrogen and oxygen atoms in total. The van der Waals surface area contributed by atoms with Crippen LogP contribution in [0.2, 0.25) is 0 Å². The fourth-order valence-corrected chi connectivity index (χ4v) is 4.91. The van der Waals surface area contributed by atoms with Gasteiger partial charge in [0.2, 0.25) is 0 Å². The maximum atomic E-state index is 11.6. The van der Waals surface area contributed by atoms with Gasteiger partial charge in [-0.05, 0) is 24.6 Å². The normalized spacial score (nSPS) is 11.5. The molecule has 0 fully saturated rings. The van der Waals surface area contributed by atoms with E-state index in [4.69, 9.17) is 5.11 Å². The van der Waals surface area contributed by atoms with Crippen molar-refractivity contribution < 1.29 is 18.3 Å². The Bertz CT molecular complexity index is 555. The van der Waals surface area contributed by atoms with Crippen molar-refractivity contribution in [3.05, 3.63) is 28.2 Å². The van der Waals surface area contributed by atoms with Crippen LogP contribution in [0.3, 0.4) is 0 Å². The average molecular weight is 367 g/mol. The minimum atomic E-state index is -3.02. The van der Waals surface area contributed by atoms with E-state index in [1.807, 2.05) is 6.92 Å². The Balaban J connectivity index is 2.73. The molecule has 1 N–H and O–H groups in total. The van der Waals surface area contributed by atoms with E-state index >= 15 is 0 Å². The Kier molecular flexibility index (Phi) is 6.35. The van der Waals surface area contributed by atoms with Gasteiger partial charge >= 0.3 is 5.97 Å². The molecule has 0 saturated carbocycles. The third-order valence-electron chi connectivity index (χ3n) is 2.34. The maximum Gasteiger partial charge on any atom is 0.336 e. The van der Waals surface area contributed by atoms with Gasteiger partial charge in [-0.2, -0.15) is 0 Å². The maximum absolute atomic E-state index is 11.6. The Morgan fingerprint density at radius 1 is 1.37 bits per heavy atom. The number of halogens is 1. The molecule has 0 aliphatic rings. The van der Waals surface area contributed by atoms with Crippen molar-refractivity contribution in [3.63, 3.8) is 0 Å². The highest BCUT2D eigenvalue weighted by molar-refractivity contribution is 9.10. The Labute approximate surface area is 125 Å². The molecule has 0 unspecified atom stereocenters. The molecule has 7 heteroatoms. The SMILES string of the molecule is CCCS(=O)(=O)CCSc1cc(Br)ccc1C(=O)O. The van der Waals surface area contributed by atoms with E-state index in [0.29, 0.717) is 17.1 Å². The summed E-state index contributed by atoms with van der Waals surface area (Å²) in [5.74, 6) is -0.403. The Morgan fingerprint density at radius 2 is 2.05 bits per heavy atom. The average Bonchev–Trinajstić information content (AvgIpc) is 2.28. The van der Waals surface area contributed by atoms with E-state index in [1.165, 1.54) is 17.8 Å². The molecule has 0 radical (unpaired) electrons. The van der Waals surface area contributed by atoms with Gasteiger partial charge in [-0.15, -0.1) is 11.8 Å². The van der Waals surface area contributed by atoms with Gasteiger partial charge in [0, 0.05) is 20.9 Å². The summed E-state index contributed by atoms with van der Waals surface area (Å²) in [6.07, 6.45) is 0.601. The first-order valence-electron chi connectivity index (χ1n) is 5.72. The zero-order valence-corrected chi connectivity index (χ0v) is 13.6. The van der Waals surface area contributed by atoms with Crippen LogP contribution in [0.4, 0.5) is 0 Å². The number of thioether (sulfide) groups is 1. The number of carbonyl (C=O) groups is 1. The lowest BCUT2D eigenvalue weighted by molar-refractivity contribution is 0.0693. The highest BCUT2D eigenvalue weighted by Gasteiger charge is 2.13. The van der Waals surface area contributed by atoms with Crippen LogP contribution in [0.15, 0.2) is 27.6 Å². The van der Waals surface area contributed by atoms with Crippen LogP contribution in [0.25, 0.3) is 0 Å². The Hall–Kier alpha value is -0.530. The highest BCUT2D eigenvalue weighted by atomic mass is 79.9. The number of hydrogen-bond acceptors (Lipinski definition) is 4. The van der Waals surface area contributed by atoms with Gasteiger partial charge in [0.05, 0.1) is 11.3 Å². The van der Waals surface area contributed by atoms with Crippen LogP contribution < -0.4 is 0 Å². The lowest BCUT2D eigenvalue weighted by Crippen LogP contribution is -2.12. The molecular formula is C12H15BrO4S2. The summed E-state index contributed by atoms with van der Waals surface area (Å²) >= 11 is 4.53. The van der Waals surface area contributed by atoms with Crippen LogP contribution in [0.5, 0.6) is 0 Å². The molecule has 0 aliphatic carbocycles. The topological polar surface area (TPSA) is 71.4 Å². The van der Waals surface area contributed by atoms with Crippen molar-refractivity contribution in [2.45, 2.75) is 18.2 Å². The monoisotopic (exact) mass is 366 g/mol. The minimum absolute atomic E-state index is 0.0665. The number of rotatable bonds is 7. The number of carboxylic acids is 1. The molecule has 0 bridgehead atoms. The second-order valence-corrected chi connectivity index (χ2v) is 8.30. The molecule has 0 aliphatic heterocycles. The molecule has 0 heterocycles. The van der Waals surface area contributed by atoms with Gasteiger partial charge in [0.15, 0.2) is 9.84 Å². The molecule has 1 aromatic rings. The standard InChI is InChI=1S/C12H15BrO4S2/c1-2-6-19(16,17)7-5-18-11-8-9(13)3-4-10(11)12(14)15/h3-4,8H,2,5-7H2,1H3,(H,14,15). The van der Waals surface area contributed by atoms with Crippen LogP contribution in [0, 0.1) is 0 Å². The lowest BCUT2D eigenvalue weighted by Gasteiger charge is -2.07. The van der Waals surface area contributed by atoms with Gasteiger partial charge in [-0.25, -0.2) is 13.2 Å². The third-order valence-corrected chi connectivity index (χ3v) is 6.01. The first-order valence-corrected chi connectivity index (χ1v) is 9.32. The van der Waals surface area contributed by atoms with Crippen LogP contribution in [-0.4, -0.2) is 36.8 Å². The van der Waals surface area contributed by atoms with E-state index in [-0.39, 0.29) is 17.1 Å². The molecular weight excluding hydrogens is 352 g/mol. The molecule has 0 saturated heterocycles. The molecule has 0 amide bonds. The summed E-state index contributed by atoms with van der Waals surface area (Å²) in [5.41, 5.74) is 0.195. The lowest BCUT2D eigenvalue weighted by atomic mass is 10.2. The van der Waals surface area contributed by atoms with Crippen molar-refractivity contribution in [2.75, 3.05) is 17.3 Å². The fourth-order valence-electron chi connectivity index (χ4n) is 1.48. The van der Waals surface area contributed by atoms with Gasteiger partial charge in [-0.3, -0.25) is 0 Å². The second-order valence-electron chi connectivity index (χ2n) is 3.95. The predicted molar refractivity (Wildman–Crippen MR) is 80.8 cm³/mol. The largest absolute Gasteiger partial charge is 0.478 e. The van der Waals surface area contributed by atoms with Crippen molar-refractivity contribution in [1.82, 2.24) is 0 Å². The van der Waals surface area contributed by atoms with Gasteiger partial charge in [-0.1, -0.05) is 22.9 Å². The van der Waals surface area contributed by atoms with Crippen LogP contribution >= 0.6 is 27.7 Å². The number of hydrogen-bond donors (Lipinski definition) is 1. The Morgan fingerprint density at radius 3 is 2.63 bits per heavy atom. The number of carboxylic acid groups (broad SMARTS) is 1. The first kappa shape index (κ1) is 16.5.